The Kier molecular flexibility index (Phi) is 4.94. The van der Waals surface area contributed by atoms with E-state index in [0.29, 0.717) is 22.3 Å². The van der Waals surface area contributed by atoms with Crippen molar-refractivity contribution in [3.05, 3.63) is 69.9 Å². The molecule has 4 rings (SSSR count). The lowest BCUT2D eigenvalue weighted by atomic mass is 10.2. The van der Waals surface area contributed by atoms with E-state index in [9.17, 15) is 9.59 Å². The molecule has 2 aromatic heterocycles. The van der Waals surface area contributed by atoms with Crippen LogP contribution >= 0.6 is 15.9 Å². The molecule has 1 amide bonds. The number of nitrogens with zero attached hydrogens (tertiary/aromatic N) is 6. The summed E-state index contributed by atoms with van der Waals surface area (Å²) in [6.45, 7) is 0.120. The smallest absolute Gasteiger partial charge is 0.277 e. The molecule has 0 aliphatic carbocycles. The molecule has 0 saturated heterocycles. The van der Waals surface area contributed by atoms with Crippen molar-refractivity contribution >= 4 is 38.4 Å². The van der Waals surface area contributed by atoms with Gasteiger partial charge in [0.05, 0.1) is 23.3 Å². The van der Waals surface area contributed by atoms with Crippen molar-refractivity contribution in [2.45, 2.75) is 13.0 Å². The van der Waals surface area contributed by atoms with Crippen molar-refractivity contribution in [3.8, 4) is 5.69 Å². The summed E-state index contributed by atoms with van der Waals surface area (Å²) in [6, 6.07) is 12.4. The number of carbonyl (C=O) groups excluding carboxylic acids is 1. The molecule has 140 valence electrons. The normalized spacial score (nSPS) is 10.9. The maximum atomic E-state index is 12.5. The molecule has 2 aromatic carbocycles. The van der Waals surface area contributed by atoms with Crippen LogP contribution in [-0.2, 0) is 11.3 Å². The lowest BCUT2D eigenvalue weighted by Gasteiger charge is -2.11. The van der Waals surface area contributed by atoms with Crippen molar-refractivity contribution in [2.24, 2.45) is 0 Å². The van der Waals surface area contributed by atoms with E-state index in [1.165, 1.54) is 11.0 Å². The van der Waals surface area contributed by atoms with Gasteiger partial charge in [0.1, 0.15) is 18.2 Å². The summed E-state index contributed by atoms with van der Waals surface area (Å²) in [5, 5.41) is 15.3. The lowest BCUT2D eigenvalue weighted by Crippen LogP contribution is -2.26. The fraction of sp³-hybridized carbons (Fsp3) is 0.111. The Morgan fingerprint density at radius 3 is 2.86 bits per heavy atom. The number of aryl methyl sites for hydroxylation is 1. The Labute approximate surface area is 167 Å². The number of benzene rings is 2. The summed E-state index contributed by atoms with van der Waals surface area (Å²) in [5.41, 5.74) is 1.50. The number of carbonyl (C=O) groups is 1. The van der Waals surface area contributed by atoms with Gasteiger partial charge < -0.3 is 5.32 Å². The van der Waals surface area contributed by atoms with E-state index >= 15 is 0 Å². The molecule has 0 unspecified atom stereocenters. The molecule has 0 atom stereocenters. The molecule has 0 aliphatic rings. The Morgan fingerprint density at radius 1 is 1.18 bits per heavy atom. The van der Waals surface area contributed by atoms with Crippen LogP contribution in [0.1, 0.15) is 6.42 Å². The SMILES string of the molecule is O=C(CCn1nnc2ccccc2c1=O)Nc1cc(Br)ccc1-n1cncn1. The first-order valence-electron chi connectivity index (χ1n) is 8.39. The fourth-order valence-corrected chi connectivity index (χ4v) is 3.09. The minimum atomic E-state index is -0.274. The number of anilines is 1. The number of hydrogen-bond acceptors (Lipinski definition) is 6. The second-order valence-electron chi connectivity index (χ2n) is 5.93. The second-order valence-corrected chi connectivity index (χ2v) is 6.85. The third-order valence-electron chi connectivity index (χ3n) is 4.08. The van der Waals surface area contributed by atoms with Crippen molar-refractivity contribution in [1.29, 1.82) is 0 Å². The van der Waals surface area contributed by atoms with Gasteiger partial charge in [-0.25, -0.2) is 14.3 Å². The topological polar surface area (TPSA) is 108 Å². The first-order chi connectivity index (χ1) is 13.6. The van der Waals surface area contributed by atoms with E-state index in [2.05, 4.69) is 41.6 Å². The highest BCUT2D eigenvalue weighted by Gasteiger charge is 2.12. The van der Waals surface area contributed by atoms with Crippen LogP contribution in [0.15, 0.2) is 64.4 Å². The van der Waals surface area contributed by atoms with Crippen molar-refractivity contribution < 1.29 is 4.79 Å². The number of hydrogen-bond donors (Lipinski definition) is 1. The van der Waals surface area contributed by atoms with Gasteiger partial charge in [-0.05, 0) is 30.3 Å². The summed E-state index contributed by atoms with van der Waals surface area (Å²) in [4.78, 5) is 28.8. The molecule has 2 heterocycles. The van der Waals surface area contributed by atoms with E-state index in [1.807, 2.05) is 12.1 Å². The number of fused-ring (bicyclic) bond motifs is 1. The van der Waals surface area contributed by atoms with E-state index in [0.717, 1.165) is 4.47 Å². The van der Waals surface area contributed by atoms with Crippen LogP contribution in [0, 0.1) is 0 Å². The van der Waals surface area contributed by atoms with Gasteiger partial charge in [0, 0.05) is 10.9 Å². The highest BCUT2D eigenvalue weighted by Crippen LogP contribution is 2.24. The number of halogens is 1. The minimum Gasteiger partial charge on any atom is -0.324 e. The largest absolute Gasteiger partial charge is 0.324 e. The van der Waals surface area contributed by atoms with Crippen LogP contribution in [0.25, 0.3) is 16.6 Å². The zero-order valence-corrected chi connectivity index (χ0v) is 16.1. The van der Waals surface area contributed by atoms with Crippen LogP contribution < -0.4 is 10.9 Å². The minimum absolute atomic E-state index is 0.0657. The van der Waals surface area contributed by atoms with Crippen LogP contribution in [0.2, 0.25) is 0 Å². The molecule has 0 radical (unpaired) electrons. The summed E-state index contributed by atoms with van der Waals surface area (Å²) < 4.78 is 3.56. The average molecular weight is 440 g/mol. The maximum Gasteiger partial charge on any atom is 0.277 e. The quantitative estimate of drug-likeness (QED) is 0.510. The zero-order chi connectivity index (χ0) is 19.5. The van der Waals surface area contributed by atoms with Gasteiger partial charge >= 0.3 is 0 Å². The number of aromatic nitrogens is 6. The fourth-order valence-electron chi connectivity index (χ4n) is 2.73. The Hall–Kier alpha value is -3.40. The first kappa shape index (κ1) is 18.0. The molecule has 10 heteroatoms. The van der Waals surface area contributed by atoms with E-state index in [4.69, 9.17) is 0 Å². The van der Waals surface area contributed by atoms with Crippen LogP contribution in [-0.4, -0.2) is 35.7 Å². The van der Waals surface area contributed by atoms with Crippen molar-refractivity contribution in [2.75, 3.05) is 5.32 Å². The molecule has 28 heavy (non-hydrogen) atoms. The molecular weight excluding hydrogens is 426 g/mol. The third kappa shape index (κ3) is 3.67. The van der Waals surface area contributed by atoms with E-state index < -0.39 is 0 Å². The van der Waals surface area contributed by atoms with Gasteiger partial charge in [0.15, 0.2) is 0 Å². The molecule has 0 saturated carbocycles. The molecular formula is C18H14BrN7O2. The Bertz CT molecular complexity index is 1200. The van der Waals surface area contributed by atoms with Gasteiger partial charge in [-0.15, -0.1) is 5.10 Å². The van der Waals surface area contributed by atoms with Gasteiger partial charge in [0.2, 0.25) is 5.91 Å². The predicted octanol–water partition coefficient (Wildman–Crippen LogP) is 2.16. The van der Waals surface area contributed by atoms with Crippen molar-refractivity contribution in [1.82, 2.24) is 29.8 Å². The summed E-state index contributed by atoms with van der Waals surface area (Å²) in [5.74, 6) is -0.263. The molecule has 0 fully saturated rings. The van der Waals surface area contributed by atoms with Crippen molar-refractivity contribution in [3.63, 3.8) is 0 Å². The predicted molar refractivity (Wildman–Crippen MR) is 106 cm³/mol. The van der Waals surface area contributed by atoms with Gasteiger partial charge in [-0.3, -0.25) is 9.59 Å². The van der Waals surface area contributed by atoms with Gasteiger partial charge in [-0.1, -0.05) is 33.3 Å². The van der Waals surface area contributed by atoms with E-state index in [-0.39, 0.29) is 24.4 Å². The maximum absolute atomic E-state index is 12.5. The first-order valence-corrected chi connectivity index (χ1v) is 9.18. The summed E-state index contributed by atoms with van der Waals surface area (Å²) in [7, 11) is 0. The molecule has 0 spiro atoms. The molecule has 0 bridgehead atoms. The van der Waals surface area contributed by atoms with Crippen LogP contribution in [0.5, 0.6) is 0 Å². The Balaban J connectivity index is 1.51. The average Bonchev–Trinajstić information content (AvgIpc) is 3.22. The standard InChI is InChI=1S/C18H14BrN7O2/c19-12-5-6-16(26-11-20-10-21-26)15(9-12)22-17(27)7-8-25-18(28)13-3-1-2-4-14(13)23-24-25/h1-6,9-11H,7-8H2,(H,22,27). The second kappa shape index (κ2) is 7.69. The molecule has 1 N–H and O–H groups in total. The van der Waals surface area contributed by atoms with Crippen LogP contribution in [0.4, 0.5) is 5.69 Å². The van der Waals surface area contributed by atoms with Crippen LogP contribution in [0.3, 0.4) is 0 Å². The zero-order valence-electron chi connectivity index (χ0n) is 14.5. The monoisotopic (exact) mass is 439 g/mol. The highest BCUT2D eigenvalue weighted by molar-refractivity contribution is 9.10. The number of rotatable bonds is 5. The summed E-state index contributed by atoms with van der Waals surface area (Å²) in [6.07, 6.45) is 3.03. The van der Waals surface area contributed by atoms with E-state index in [1.54, 1.807) is 41.3 Å². The summed E-state index contributed by atoms with van der Waals surface area (Å²) >= 11 is 3.40. The highest BCUT2D eigenvalue weighted by atomic mass is 79.9. The van der Waals surface area contributed by atoms with Gasteiger partial charge in [0.25, 0.3) is 5.56 Å². The third-order valence-corrected chi connectivity index (χ3v) is 4.57. The molecule has 0 aliphatic heterocycles. The number of amides is 1. The molecule has 4 aromatic rings. The molecule has 9 nitrogen and oxygen atoms in total. The number of nitrogens with one attached hydrogen (secondary N) is 1. The lowest BCUT2D eigenvalue weighted by molar-refractivity contribution is -0.116. The Morgan fingerprint density at radius 2 is 2.04 bits per heavy atom. The van der Waals surface area contributed by atoms with Gasteiger partial charge in [-0.2, -0.15) is 5.10 Å².